The number of anilines is 1. The minimum absolute atomic E-state index is 0.107. The lowest BCUT2D eigenvalue weighted by Crippen LogP contribution is -2.42. The molecule has 5 rings (SSSR count). The summed E-state index contributed by atoms with van der Waals surface area (Å²) in [5, 5.41) is 3.09. The van der Waals surface area contributed by atoms with E-state index in [0.717, 1.165) is 35.4 Å². The number of nitrogens with one attached hydrogen (secondary N) is 1. The number of urea groups is 1. The van der Waals surface area contributed by atoms with Crippen LogP contribution in [0.1, 0.15) is 45.3 Å². The first kappa shape index (κ1) is 20.6. The van der Waals surface area contributed by atoms with Crippen LogP contribution in [0.15, 0.2) is 53.4 Å². The number of hydrogen-bond donors (Lipinski definition) is 1. The molecule has 1 aliphatic heterocycles. The van der Waals surface area contributed by atoms with Crippen LogP contribution >= 0.6 is 23.1 Å². The number of carbonyl (C=O) groups is 1. The largest absolute Gasteiger partial charge is 0.322 e. The highest BCUT2D eigenvalue weighted by Crippen LogP contribution is 2.45. The second-order valence-corrected chi connectivity index (χ2v) is 10.1. The zero-order valence-corrected chi connectivity index (χ0v) is 19.1. The van der Waals surface area contributed by atoms with Crippen molar-refractivity contribution in [3.05, 3.63) is 80.8 Å². The number of nitrogens with zero attached hydrogens (tertiary/aromatic N) is 1. The van der Waals surface area contributed by atoms with Crippen LogP contribution in [-0.2, 0) is 19.3 Å². The first-order valence-corrected chi connectivity index (χ1v) is 12.8. The van der Waals surface area contributed by atoms with Gasteiger partial charge < -0.3 is 10.2 Å². The highest BCUT2D eigenvalue weighted by atomic mass is 32.2. The van der Waals surface area contributed by atoms with Crippen LogP contribution < -0.4 is 5.32 Å². The van der Waals surface area contributed by atoms with Crippen LogP contribution in [0.3, 0.4) is 0 Å². The Morgan fingerprint density at radius 2 is 1.90 bits per heavy atom. The molecule has 0 saturated heterocycles. The molecule has 0 saturated carbocycles. The molecule has 3 nitrogen and oxygen atoms in total. The van der Waals surface area contributed by atoms with E-state index in [-0.39, 0.29) is 17.9 Å². The van der Waals surface area contributed by atoms with Crippen molar-refractivity contribution in [2.75, 3.05) is 18.1 Å². The molecule has 2 heterocycles. The number of carbonyl (C=O) groups excluding carboxylic acids is 1. The maximum absolute atomic E-state index is 13.7. The number of thiophene rings is 1. The predicted octanol–water partition coefficient (Wildman–Crippen LogP) is 6.67. The van der Waals surface area contributed by atoms with Crippen molar-refractivity contribution in [3.8, 4) is 0 Å². The van der Waals surface area contributed by atoms with Crippen molar-refractivity contribution in [1.82, 2.24) is 4.90 Å². The van der Waals surface area contributed by atoms with E-state index in [1.165, 1.54) is 45.9 Å². The van der Waals surface area contributed by atoms with Crippen molar-refractivity contribution in [3.63, 3.8) is 0 Å². The van der Waals surface area contributed by atoms with Gasteiger partial charge >= 0.3 is 6.03 Å². The number of benzene rings is 2. The quantitative estimate of drug-likeness (QED) is 0.450. The Morgan fingerprint density at radius 1 is 1.10 bits per heavy atom. The van der Waals surface area contributed by atoms with E-state index in [1.807, 2.05) is 58.9 Å². The predicted molar refractivity (Wildman–Crippen MR) is 127 cm³/mol. The number of fused-ring (bicyclic) bond motifs is 3. The summed E-state index contributed by atoms with van der Waals surface area (Å²) in [4.78, 5) is 19.2. The summed E-state index contributed by atoms with van der Waals surface area (Å²) in [5.41, 5.74) is 4.72. The topological polar surface area (TPSA) is 32.3 Å². The van der Waals surface area contributed by atoms with Crippen molar-refractivity contribution in [2.24, 2.45) is 0 Å². The average molecular weight is 453 g/mol. The minimum atomic E-state index is -0.255. The van der Waals surface area contributed by atoms with Gasteiger partial charge in [0.2, 0.25) is 0 Å². The molecule has 1 unspecified atom stereocenters. The Morgan fingerprint density at radius 3 is 2.71 bits per heavy atom. The first-order valence-electron chi connectivity index (χ1n) is 10.7. The number of thioether (sulfide) groups is 1. The number of amides is 2. The molecule has 6 heteroatoms. The maximum Gasteiger partial charge on any atom is 0.322 e. The zero-order chi connectivity index (χ0) is 21.4. The molecule has 160 valence electrons. The number of halogens is 1. The number of hydrogen-bond acceptors (Lipinski definition) is 3. The van der Waals surface area contributed by atoms with E-state index in [4.69, 9.17) is 0 Å². The first-order chi connectivity index (χ1) is 15.1. The van der Waals surface area contributed by atoms with E-state index in [2.05, 4.69) is 5.32 Å². The summed E-state index contributed by atoms with van der Waals surface area (Å²) in [5.74, 6) is -0.255. The highest BCUT2D eigenvalue weighted by molar-refractivity contribution is 7.98. The summed E-state index contributed by atoms with van der Waals surface area (Å²) < 4.78 is 13.7. The minimum Gasteiger partial charge on any atom is -0.312 e. The summed E-state index contributed by atoms with van der Waals surface area (Å²) >= 11 is 3.51. The molecule has 1 N–H and O–H groups in total. The molecule has 2 aliphatic rings. The van der Waals surface area contributed by atoms with Crippen LogP contribution in [-0.4, -0.2) is 23.7 Å². The van der Waals surface area contributed by atoms with Crippen LogP contribution in [0.4, 0.5) is 14.9 Å². The lowest BCUT2D eigenvalue weighted by Gasteiger charge is -2.36. The fourth-order valence-electron chi connectivity index (χ4n) is 4.74. The van der Waals surface area contributed by atoms with Crippen LogP contribution in [0.5, 0.6) is 0 Å². The Labute approximate surface area is 190 Å². The van der Waals surface area contributed by atoms with Crippen molar-refractivity contribution in [1.29, 1.82) is 0 Å². The molecule has 3 aromatic rings. The smallest absolute Gasteiger partial charge is 0.312 e. The zero-order valence-electron chi connectivity index (χ0n) is 17.5. The van der Waals surface area contributed by atoms with Gasteiger partial charge in [0.25, 0.3) is 0 Å². The molecule has 2 amide bonds. The Hall–Kier alpha value is -2.31. The third-order valence-corrected chi connectivity index (χ3v) is 8.35. The standard InChI is InChI=1S/C25H25FN2OS2/c1-30-19-6-4-5-18(15-19)27-25(29)28-14-13-21-20-7-2-3-8-22(20)31-24(21)23(28)16-9-11-17(26)12-10-16/h4-6,9-12,15,23H,2-3,7-8,13-14H2,1H3,(H,27,29). The fourth-order valence-corrected chi connectivity index (χ4v) is 6.78. The summed E-state index contributed by atoms with van der Waals surface area (Å²) in [6.07, 6.45) is 7.67. The molecular weight excluding hydrogens is 427 g/mol. The molecule has 0 radical (unpaired) electrons. The van der Waals surface area contributed by atoms with Gasteiger partial charge in [-0.25, -0.2) is 9.18 Å². The van der Waals surface area contributed by atoms with Gasteiger partial charge in [0.05, 0.1) is 6.04 Å². The van der Waals surface area contributed by atoms with E-state index < -0.39 is 0 Å². The van der Waals surface area contributed by atoms with Gasteiger partial charge in [-0.3, -0.25) is 0 Å². The average Bonchev–Trinajstić information content (AvgIpc) is 3.18. The van der Waals surface area contributed by atoms with Crippen molar-refractivity contribution < 1.29 is 9.18 Å². The normalized spacial score (nSPS) is 17.7. The lowest BCUT2D eigenvalue weighted by atomic mass is 9.88. The number of rotatable bonds is 3. The van der Waals surface area contributed by atoms with Gasteiger partial charge in [-0.1, -0.05) is 18.2 Å². The highest BCUT2D eigenvalue weighted by Gasteiger charge is 2.36. The molecule has 1 aromatic heterocycles. The second kappa shape index (κ2) is 8.67. The molecule has 1 atom stereocenters. The molecule has 0 fully saturated rings. The third kappa shape index (κ3) is 3.99. The fraction of sp³-hybridized carbons (Fsp3) is 0.320. The van der Waals surface area contributed by atoms with Crippen LogP contribution in [0, 0.1) is 5.82 Å². The Kier molecular flexibility index (Phi) is 5.76. The Bertz CT molecular complexity index is 1110. The second-order valence-electron chi connectivity index (χ2n) is 8.11. The number of aryl methyl sites for hydroxylation is 1. The lowest BCUT2D eigenvalue weighted by molar-refractivity contribution is 0.195. The molecular formula is C25H25FN2OS2. The van der Waals surface area contributed by atoms with Gasteiger partial charge in [-0.05, 0) is 85.4 Å². The molecule has 0 bridgehead atoms. The molecule has 31 heavy (non-hydrogen) atoms. The van der Waals surface area contributed by atoms with Gasteiger partial charge in [0, 0.05) is 26.9 Å². The van der Waals surface area contributed by atoms with Gasteiger partial charge in [0.1, 0.15) is 5.82 Å². The van der Waals surface area contributed by atoms with E-state index in [1.54, 1.807) is 11.8 Å². The molecule has 1 aliphatic carbocycles. The maximum atomic E-state index is 13.7. The SMILES string of the molecule is CSc1cccc(NC(=O)N2CCc3c(sc4c3CCCC4)C2c2ccc(F)cc2)c1. The summed E-state index contributed by atoms with van der Waals surface area (Å²) in [6, 6.07) is 14.3. The van der Waals surface area contributed by atoms with Gasteiger partial charge in [0.15, 0.2) is 0 Å². The van der Waals surface area contributed by atoms with Gasteiger partial charge in [-0.2, -0.15) is 0 Å². The monoisotopic (exact) mass is 452 g/mol. The molecule has 2 aromatic carbocycles. The summed E-state index contributed by atoms with van der Waals surface area (Å²) in [7, 11) is 0. The third-order valence-electron chi connectivity index (χ3n) is 6.24. The Balaban J connectivity index is 1.52. The van der Waals surface area contributed by atoms with Crippen LogP contribution in [0.25, 0.3) is 0 Å². The summed E-state index contributed by atoms with van der Waals surface area (Å²) in [6.45, 7) is 0.659. The molecule has 0 spiro atoms. The van der Waals surface area contributed by atoms with Crippen LogP contribution in [0.2, 0.25) is 0 Å². The van der Waals surface area contributed by atoms with Crippen molar-refractivity contribution >= 4 is 34.8 Å². The van der Waals surface area contributed by atoms with Crippen molar-refractivity contribution in [2.45, 2.75) is 43.0 Å². The van der Waals surface area contributed by atoms with Gasteiger partial charge in [-0.15, -0.1) is 23.1 Å². The van der Waals surface area contributed by atoms with E-state index in [0.29, 0.717) is 6.54 Å². The van der Waals surface area contributed by atoms with E-state index >= 15 is 0 Å². The van der Waals surface area contributed by atoms with E-state index in [9.17, 15) is 9.18 Å².